The van der Waals surface area contributed by atoms with Crippen molar-refractivity contribution in [2.24, 2.45) is 5.92 Å². The van der Waals surface area contributed by atoms with Crippen LogP contribution >= 0.6 is 0 Å². The number of carbonyl (C=O) groups excluding carboxylic acids is 1. The number of amides is 1. The van der Waals surface area contributed by atoms with Crippen LogP contribution < -0.4 is 0 Å². The van der Waals surface area contributed by atoms with E-state index in [1.165, 1.54) is 18.6 Å². The van der Waals surface area contributed by atoms with Crippen LogP contribution in [-0.2, 0) is 11.3 Å². The van der Waals surface area contributed by atoms with Crippen LogP contribution in [0.2, 0.25) is 0 Å². The molecule has 1 aliphatic carbocycles. The van der Waals surface area contributed by atoms with Gasteiger partial charge in [-0.25, -0.2) is 8.78 Å². The summed E-state index contributed by atoms with van der Waals surface area (Å²) in [5.74, 6) is -0.535. The van der Waals surface area contributed by atoms with E-state index >= 15 is 0 Å². The molecule has 1 amide bonds. The molecule has 1 aromatic carbocycles. The molecule has 0 N–H and O–H groups in total. The van der Waals surface area contributed by atoms with Crippen LogP contribution in [0.4, 0.5) is 8.78 Å². The minimum atomic E-state index is -0.536. The van der Waals surface area contributed by atoms with Crippen molar-refractivity contribution >= 4 is 5.91 Å². The maximum Gasteiger partial charge on any atom is 0.225 e. The lowest BCUT2D eigenvalue weighted by molar-refractivity contribution is -0.138. The van der Waals surface area contributed by atoms with Crippen molar-refractivity contribution in [1.82, 2.24) is 9.80 Å². The van der Waals surface area contributed by atoms with Crippen LogP contribution in [0.15, 0.2) is 18.2 Å². The fraction of sp³-hybridized carbons (Fsp3) is 0.588. The molecule has 0 atom stereocenters. The Morgan fingerprint density at radius 3 is 2.36 bits per heavy atom. The Hall–Kier alpha value is -1.49. The molecule has 1 aromatic rings. The second-order valence-corrected chi connectivity index (χ2v) is 6.36. The Labute approximate surface area is 129 Å². The fourth-order valence-electron chi connectivity index (χ4n) is 3.22. The molecule has 3 rings (SSSR count). The molecule has 5 heteroatoms. The molecule has 1 heterocycles. The summed E-state index contributed by atoms with van der Waals surface area (Å²) >= 11 is 0. The first kappa shape index (κ1) is 15.4. The van der Waals surface area contributed by atoms with Crippen LogP contribution in [0.1, 0.15) is 31.2 Å². The van der Waals surface area contributed by atoms with Crippen LogP contribution in [0, 0.1) is 17.6 Å². The van der Waals surface area contributed by atoms with Gasteiger partial charge in [0, 0.05) is 44.7 Å². The predicted octanol–water partition coefficient (Wildman–Crippen LogP) is 2.80. The van der Waals surface area contributed by atoms with Gasteiger partial charge < -0.3 is 4.90 Å². The third-order valence-electron chi connectivity index (χ3n) is 4.68. The van der Waals surface area contributed by atoms with E-state index in [2.05, 4.69) is 4.90 Å². The van der Waals surface area contributed by atoms with E-state index in [0.29, 0.717) is 24.6 Å². The predicted molar refractivity (Wildman–Crippen MR) is 80.2 cm³/mol. The lowest BCUT2D eigenvalue weighted by Gasteiger charge is -2.31. The molecular formula is C17H22F2N2O. The molecule has 22 heavy (non-hydrogen) atoms. The highest BCUT2D eigenvalue weighted by molar-refractivity contribution is 5.79. The highest BCUT2D eigenvalue weighted by Crippen LogP contribution is 2.28. The maximum absolute atomic E-state index is 13.3. The van der Waals surface area contributed by atoms with Gasteiger partial charge in [-0.3, -0.25) is 9.69 Å². The molecule has 0 unspecified atom stereocenters. The van der Waals surface area contributed by atoms with E-state index in [-0.39, 0.29) is 5.92 Å². The molecule has 0 spiro atoms. The summed E-state index contributed by atoms with van der Waals surface area (Å²) in [4.78, 5) is 16.4. The molecule has 0 aromatic heterocycles. The first-order valence-corrected chi connectivity index (χ1v) is 8.08. The Morgan fingerprint density at radius 2 is 1.73 bits per heavy atom. The second kappa shape index (κ2) is 6.73. The van der Waals surface area contributed by atoms with Crippen molar-refractivity contribution in [2.45, 2.75) is 32.2 Å². The monoisotopic (exact) mass is 308 g/mol. The van der Waals surface area contributed by atoms with Crippen LogP contribution in [0.25, 0.3) is 0 Å². The van der Waals surface area contributed by atoms with Crippen molar-refractivity contribution in [3.8, 4) is 0 Å². The van der Waals surface area contributed by atoms with Gasteiger partial charge in [-0.1, -0.05) is 6.42 Å². The van der Waals surface area contributed by atoms with E-state index in [0.717, 1.165) is 45.0 Å². The molecular weight excluding hydrogens is 286 g/mol. The standard InChI is InChI=1S/C17H22F2N2O/c18-15-9-13(10-16(19)11-15)12-20-5-2-6-21(8-7-20)17(22)14-3-1-4-14/h9-11,14H,1-8,12H2. The molecule has 2 fully saturated rings. The lowest BCUT2D eigenvalue weighted by Crippen LogP contribution is -2.41. The van der Waals surface area contributed by atoms with Crippen molar-refractivity contribution in [2.75, 3.05) is 26.2 Å². The average Bonchev–Trinajstić information content (AvgIpc) is 2.61. The third kappa shape index (κ3) is 3.64. The Balaban J connectivity index is 1.56. The molecule has 0 radical (unpaired) electrons. The molecule has 2 aliphatic rings. The number of hydrogen-bond acceptors (Lipinski definition) is 2. The average molecular weight is 308 g/mol. The first-order chi connectivity index (χ1) is 10.6. The summed E-state index contributed by atoms with van der Waals surface area (Å²) in [5, 5.41) is 0. The Bertz CT molecular complexity index is 525. The normalized spacial score (nSPS) is 20.5. The molecule has 1 saturated heterocycles. The number of halogens is 2. The Kier molecular flexibility index (Phi) is 4.71. The summed E-state index contributed by atoms with van der Waals surface area (Å²) in [5.41, 5.74) is 0.649. The molecule has 0 bridgehead atoms. The largest absolute Gasteiger partial charge is 0.341 e. The van der Waals surface area contributed by atoms with E-state index < -0.39 is 11.6 Å². The van der Waals surface area contributed by atoms with E-state index in [1.54, 1.807) is 0 Å². The highest BCUT2D eigenvalue weighted by Gasteiger charge is 2.30. The van der Waals surface area contributed by atoms with Crippen molar-refractivity contribution < 1.29 is 13.6 Å². The zero-order valence-electron chi connectivity index (χ0n) is 12.7. The van der Waals surface area contributed by atoms with E-state index in [1.807, 2.05) is 4.90 Å². The SMILES string of the molecule is O=C(C1CCC1)N1CCCN(Cc2cc(F)cc(F)c2)CC1. The topological polar surface area (TPSA) is 23.6 Å². The molecule has 120 valence electrons. The van der Waals surface area contributed by atoms with Gasteiger partial charge in [-0.05, 0) is 37.0 Å². The van der Waals surface area contributed by atoms with Crippen molar-refractivity contribution in [3.63, 3.8) is 0 Å². The Morgan fingerprint density at radius 1 is 1.00 bits per heavy atom. The summed E-state index contributed by atoms with van der Waals surface area (Å²) in [6.07, 6.45) is 4.14. The van der Waals surface area contributed by atoms with Gasteiger partial charge in [0.15, 0.2) is 0 Å². The molecule has 1 aliphatic heterocycles. The highest BCUT2D eigenvalue weighted by atomic mass is 19.1. The number of nitrogens with zero attached hydrogens (tertiary/aromatic N) is 2. The van der Waals surface area contributed by atoms with Gasteiger partial charge >= 0.3 is 0 Å². The lowest BCUT2D eigenvalue weighted by atomic mass is 9.84. The minimum absolute atomic E-state index is 0.240. The van der Waals surface area contributed by atoms with Gasteiger partial charge in [0.1, 0.15) is 11.6 Å². The number of hydrogen-bond donors (Lipinski definition) is 0. The van der Waals surface area contributed by atoms with Gasteiger partial charge in [0.2, 0.25) is 5.91 Å². The van der Waals surface area contributed by atoms with E-state index in [9.17, 15) is 13.6 Å². The van der Waals surface area contributed by atoms with Crippen LogP contribution in [-0.4, -0.2) is 41.9 Å². The van der Waals surface area contributed by atoms with Crippen molar-refractivity contribution in [1.29, 1.82) is 0 Å². The van der Waals surface area contributed by atoms with Crippen molar-refractivity contribution in [3.05, 3.63) is 35.4 Å². The summed E-state index contributed by atoms with van der Waals surface area (Å²) in [6.45, 7) is 3.65. The van der Waals surface area contributed by atoms with Gasteiger partial charge in [-0.2, -0.15) is 0 Å². The first-order valence-electron chi connectivity index (χ1n) is 8.08. The summed E-state index contributed by atoms with van der Waals surface area (Å²) in [7, 11) is 0. The van der Waals surface area contributed by atoms with Gasteiger partial charge in [-0.15, -0.1) is 0 Å². The third-order valence-corrected chi connectivity index (χ3v) is 4.68. The summed E-state index contributed by atoms with van der Waals surface area (Å²) < 4.78 is 26.5. The number of carbonyl (C=O) groups is 1. The fourth-order valence-corrected chi connectivity index (χ4v) is 3.22. The van der Waals surface area contributed by atoms with Gasteiger partial charge in [0.25, 0.3) is 0 Å². The maximum atomic E-state index is 13.3. The molecule has 1 saturated carbocycles. The zero-order chi connectivity index (χ0) is 15.5. The van der Waals surface area contributed by atoms with E-state index in [4.69, 9.17) is 0 Å². The minimum Gasteiger partial charge on any atom is -0.341 e. The smallest absolute Gasteiger partial charge is 0.225 e. The zero-order valence-corrected chi connectivity index (χ0v) is 12.7. The van der Waals surface area contributed by atoms with Crippen LogP contribution in [0.3, 0.4) is 0 Å². The number of rotatable bonds is 3. The molecule has 3 nitrogen and oxygen atoms in total. The second-order valence-electron chi connectivity index (χ2n) is 6.36. The summed E-state index contributed by atoms with van der Waals surface area (Å²) in [6, 6.07) is 3.65. The van der Waals surface area contributed by atoms with Crippen LogP contribution in [0.5, 0.6) is 0 Å². The quantitative estimate of drug-likeness (QED) is 0.857. The van der Waals surface area contributed by atoms with Gasteiger partial charge in [0.05, 0.1) is 0 Å². The number of benzene rings is 1.